The van der Waals surface area contributed by atoms with Crippen molar-refractivity contribution in [1.29, 1.82) is 0 Å². The lowest BCUT2D eigenvalue weighted by molar-refractivity contribution is -0.155. The van der Waals surface area contributed by atoms with Gasteiger partial charge in [-0.15, -0.1) is 0 Å². The van der Waals surface area contributed by atoms with Gasteiger partial charge in [-0.3, -0.25) is 57.6 Å². The van der Waals surface area contributed by atoms with E-state index in [9.17, 15) is 24.0 Å². The second-order valence-corrected chi connectivity index (χ2v) is 28.0. The number of amides is 11. The lowest BCUT2D eigenvalue weighted by atomic mass is 9.92. The summed E-state index contributed by atoms with van der Waals surface area (Å²) in [6, 6.07) is -13.6. The van der Waals surface area contributed by atoms with Gasteiger partial charge in [0.2, 0.25) is 65.0 Å². The SMILES string of the molecule is C/C=C/C[C@@H](C)[C@H]1OC(C)[C@H]2C(=O)N(C)[C@@H]1C(=O)N[C@@H](CC)C(=O)N(C)[C@H](C)C(=O)N(C)[C@@H]([C@H](C)CN1CCO[C@H](COC)C1)C(=O)N[C@@H](C(C)C)C(=O)N(C)[C@@H](CC(C)C)C(=O)N[C@@H](C)C(=O)N[C@H](C)C(=O)N(C)[C@@H](CC(C)C)C(=O)N(C)[C@@H](CC(C)C)C(=O)N2C. The molecule has 93 heavy (non-hydrogen) atoms. The number of hydrogen-bond acceptors (Lipinski definition) is 15. The van der Waals surface area contributed by atoms with Gasteiger partial charge >= 0.3 is 0 Å². The van der Waals surface area contributed by atoms with E-state index in [1.165, 1.54) is 104 Å². The van der Waals surface area contributed by atoms with Crippen molar-refractivity contribution in [1.82, 2.24) is 60.5 Å². The maximum absolute atomic E-state index is 15.3. The van der Waals surface area contributed by atoms with E-state index < -0.39 is 161 Å². The van der Waals surface area contributed by atoms with Crippen LogP contribution in [0, 0.1) is 35.5 Å². The summed E-state index contributed by atoms with van der Waals surface area (Å²) in [6.45, 7) is 30.1. The van der Waals surface area contributed by atoms with Gasteiger partial charge in [0, 0.05) is 76.1 Å². The molecule has 3 aliphatic rings. The molecule has 0 radical (unpaired) electrons. The third kappa shape index (κ3) is 21.1. The first-order valence-corrected chi connectivity index (χ1v) is 33.5. The number of allylic oxidation sites excluding steroid dienone is 2. The molecule has 0 saturated carbocycles. The Morgan fingerprint density at radius 1 is 0.538 bits per heavy atom. The Balaban J connectivity index is 2.35. The Hall–Kier alpha value is -6.25. The van der Waals surface area contributed by atoms with E-state index in [1.54, 1.807) is 34.8 Å². The van der Waals surface area contributed by atoms with Crippen molar-refractivity contribution in [3.63, 3.8) is 0 Å². The Kier molecular flexibility index (Phi) is 31.9. The van der Waals surface area contributed by atoms with E-state index in [4.69, 9.17) is 14.2 Å². The van der Waals surface area contributed by atoms with Crippen LogP contribution in [0.4, 0.5) is 0 Å². The maximum atomic E-state index is 15.3. The minimum absolute atomic E-state index is 0.0505. The molecular weight excluding hydrogens is 1200 g/mol. The maximum Gasteiger partial charge on any atom is 0.248 e. The van der Waals surface area contributed by atoms with Crippen LogP contribution in [0.25, 0.3) is 0 Å². The largest absolute Gasteiger partial charge is 0.382 e. The summed E-state index contributed by atoms with van der Waals surface area (Å²) in [5.41, 5.74) is 0. The van der Waals surface area contributed by atoms with Gasteiger partial charge in [0.05, 0.1) is 31.5 Å². The third-order valence-electron chi connectivity index (χ3n) is 18.6. The van der Waals surface area contributed by atoms with Gasteiger partial charge in [-0.1, -0.05) is 88.3 Å². The van der Waals surface area contributed by atoms with Gasteiger partial charge in [0.1, 0.15) is 66.5 Å². The lowest BCUT2D eigenvalue weighted by Crippen LogP contribution is -2.63. The molecule has 3 aliphatic heterocycles. The number of carbonyl (C=O) groups excluding carboxylic acids is 11. The Morgan fingerprint density at radius 2 is 1.05 bits per heavy atom. The predicted octanol–water partition coefficient (Wildman–Crippen LogP) is 2.37. The van der Waals surface area contributed by atoms with E-state index in [1.807, 2.05) is 74.5 Å². The molecule has 11 amide bonds. The highest BCUT2D eigenvalue weighted by Gasteiger charge is 2.51. The van der Waals surface area contributed by atoms with Crippen molar-refractivity contribution in [3.8, 4) is 0 Å². The molecule has 3 saturated heterocycles. The summed E-state index contributed by atoms with van der Waals surface area (Å²) in [5, 5.41) is 11.3. The van der Waals surface area contributed by atoms with Crippen LogP contribution < -0.4 is 21.3 Å². The normalized spacial score (nSPS) is 30.5. The number of hydrogen-bond donors (Lipinski definition) is 4. The van der Waals surface area contributed by atoms with Gasteiger partial charge in [0.15, 0.2) is 0 Å². The highest BCUT2D eigenvalue weighted by atomic mass is 16.5. The quantitative estimate of drug-likeness (QED) is 0.161. The second-order valence-electron chi connectivity index (χ2n) is 28.0. The molecule has 1 unspecified atom stereocenters. The summed E-state index contributed by atoms with van der Waals surface area (Å²) in [6.07, 6.45) is 2.43. The fourth-order valence-corrected chi connectivity index (χ4v) is 12.8. The van der Waals surface area contributed by atoms with Crippen molar-refractivity contribution < 1.29 is 67.0 Å². The number of nitrogens with one attached hydrogen (secondary N) is 4. The summed E-state index contributed by atoms with van der Waals surface area (Å²) in [4.78, 5) is 175. The van der Waals surface area contributed by atoms with Crippen LogP contribution in [0.15, 0.2) is 12.2 Å². The number of morpholine rings is 1. The zero-order chi connectivity index (χ0) is 71.0. The first-order valence-electron chi connectivity index (χ1n) is 33.5. The number of ether oxygens (including phenoxy) is 3. The molecule has 16 atom stereocenters. The highest BCUT2D eigenvalue weighted by molar-refractivity contribution is 6.00. The zero-order valence-electron chi connectivity index (χ0n) is 60.6. The Bertz CT molecular complexity index is 2600. The molecule has 0 aromatic rings. The average molecular weight is 1320 g/mol. The fourth-order valence-electron chi connectivity index (χ4n) is 12.8. The third-order valence-corrected chi connectivity index (χ3v) is 18.6. The molecule has 0 aromatic heterocycles. The zero-order valence-corrected chi connectivity index (χ0v) is 60.6. The molecule has 26 nitrogen and oxygen atoms in total. The van der Waals surface area contributed by atoms with Crippen LogP contribution in [0.2, 0.25) is 0 Å². The van der Waals surface area contributed by atoms with E-state index in [2.05, 4.69) is 26.2 Å². The first kappa shape index (κ1) is 81.0. The van der Waals surface area contributed by atoms with Crippen molar-refractivity contribution in [2.75, 3.05) is 89.3 Å². The molecule has 0 aromatic carbocycles. The number of nitrogens with zero attached hydrogens (tertiary/aromatic N) is 8. The predicted molar refractivity (Wildman–Crippen MR) is 354 cm³/mol. The van der Waals surface area contributed by atoms with Crippen LogP contribution >= 0.6 is 0 Å². The van der Waals surface area contributed by atoms with Crippen molar-refractivity contribution in [3.05, 3.63) is 12.2 Å². The van der Waals surface area contributed by atoms with Crippen molar-refractivity contribution >= 4 is 65.0 Å². The van der Waals surface area contributed by atoms with Gasteiger partial charge in [-0.05, 0) is 102 Å². The lowest BCUT2D eigenvalue weighted by Gasteiger charge is -2.40. The van der Waals surface area contributed by atoms with Crippen molar-refractivity contribution in [2.24, 2.45) is 35.5 Å². The number of carbonyl (C=O) groups is 11. The molecule has 3 heterocycles. The highest BCUT2D eigenvalue weighted by Crippen LogP contribution is 2.30. The molecule has 2 bridgehead atoms. The Morgan fingerprint density at radius 3 is 1.58 bits per heavy atom. The van der Waals surface area contributed by atoms with Gasteiger partial charge in [-0.25, -0.2) is 0 Å². The Labute approximate surface area is 555 Å². The van der Waals surface area contributed by atoms with Crippen LogP contribution in [0.5, 0.6) is 0 Å². The summed E-state index contributed by atoms with van der Waals surface area (Å²) in [7, 11) is 11.7. The standard InChI is InChI=1S/C67H118N12O14/c1-25-27-28-41(11)56-55-60(83)70-48(26-2)63(86)72(17)45(15)62(85)76(21)53(42(12)34-79-29-30-92-47(35-79)36-91-24)59(82)71-52(40(9)10)66(89)73(18)49(31-37(3)4)58(81)68-43(13)57(80)69-44(14)61(84)74(19)50(32-38(5)6)64(87)75(20)51(33-39(7)8)65(88)77(22)54(46(16)93-56)67(90)78(55)23/h25,27,37-56H,26,28-36H2,1-24H3,(H,68,81)(H,69,80)(H,70,83)(H,71,82)/b27-25+/t41-,42-,43+,44-,45-,46?,47+,48+,49+,50+,51+,52+,53+,54+,55+,56-/m1/s1. The number of likely N-dealkylation sites (N-methyl/N-ethyl adjacent to an activating group) is 7. The van der Waals surface area contributed by atoms with E-state index in [-0.39, 0.29) is 49.5 Å². The fraction of sp³-hybridized carbons (Fsp3) is 0.806. The van der Waals surface area contributed by atoms with Crippen molar-refractivity contribution in [2.45, 2.75) is 228 Å². The molecule has 3 fully saturated rings. The molecule has 3 rings (SSSR count). The van der Waals surface area contributed by atoms with Crippen LogP contribution in [0.1, 0.15) is 143 Å². The van der Waals surface area contributed by atoms with Crippen LogP contribution in [-0.4, -0.2) is 278 Å². The summed E-state index contributed by atoms with van der Waals surface area (Å²) < 4.78 is 18.1. The minimum Gasteiger partial charge on any atom is -0.382 e. The smallest absolute Gasteiger partial charge is 0.248 e. The second kappa shape index (κ2) is 36.6. The topological polar surface area (TPSA) is 290 Å². The number of methoxy groups -OCH3 is 1. The van der Waals surface area contributed by atoms with Crippen LogP contribution in [0.3, 0.4) is 0 Å². The first-order chi connectivity index (χ1) is 43.3. The molecule has 0 spiro atoms. The number of rotatable bonds is 16. The van der Waals surface area contributed by atoms with Gasteiger partial charge in [0.25, 0.3) is 0 Å². The summed E-state index contributed by atoms with van der Waals surface area (Å²) in [5.74, 6) is -9.21. The average Bonchev–Trinajstić information content (AvgIpc) is 1.73. The van der Waals surface area contributed by atoms with Crippen LogP contribution in [-0.2, 0) is 67.0 Å². The van der Waals surface area contributed by atoms with E-state index in [0.717, 1.165) is 0 Å². The molecule has 0 aliphatic carbocycles. The minimum atomic E-state index is -1.35. The molecule has 530 valence electrons. The molecule has 4 N–H and O–H groups in total. The molecular formula is C67H118N12O14. The number of fused-ring (bicyclic) bond motifs is 3. The van der Waals surface area contributed by atoms with Gasteiger partial charge in [-0.2, -0.15) is 0 Å². The van der Waals surface area contributed by atoms with Gasteiger partial charge < -0.3 is 69.8 Å². The summed E-state index contributed by atoms with van der Waals surface area (Å²) >= 11 is 0. The van der Waals surface area contributed by atoms with E-state index in [0.29, 0.717) is 39.3 Å². The van der Waals surface area contributed by atoms with E-state index >= 15 is 28.8 Å². The molecule has 26 heteroatoms. The monoisotopic (exact) mass is 1310 g/mol.